The van der Waals surface area contributed by atoms with Crippen LogP contribution in [0.15, 0.2) is 73.8 Å². The Hall–Kier alpha value is -2.59. The fraction of sp³-hybridized carbons (Fsp3) is 0.424. The number of thioether (sulfide) groups is 1. The highest BCUT2D eigenvalue weighted by Crippen LogP contribution is 2.68. The molecule has 10 heteroatoms. The van der Waals surface area contributed by atoms with Gasteiger partial charge >= 0.3 is 5.97 Å². The van der Waals surface area contributed by atoms with Crippen molar-refractivity contribution in [2.24, 2.45) is 11.8 Å². The van der Waals surface area contributed by atoms with Crippen LogP contribution in [0.4, 0.5) is 5.69 Å². The second-order valence-electron chi connectivity index (χ2n) is 11.3. The quantitative estimate of drug-likeness (QED) is 0.130. The van der Waals surface area contributed by atoms with Crippen LogP contribution in [-0.4, -0.2) is 68.4 Å². The predicted octanol–water partition coefficient (Wildman–Crippen LogP) is 5.88. The van der Waals surface area contributed by atoms with Gasteiger partial charge in [-0.05, 0) is 43.4 Å². The molecule has 3 heterocycles. The van der Waals surface area contributed by atoms with Crippen molar-refractivity contribution >= 4 is 62.8 Å². The number of carbonyl (C=O) groups excluding carboxylic acids is 3. The van der Waals surface area contributed by atoms with Crippen LogP contribution < -0.4 is 4.90 Å². The molecule has 7 nitrogen and oxygen atoms in total. The number of aliphatic hydroxyl groups excluding tert-OH is 1. The lowest BCUT2D eigenvalue weighted by Gasteiger charge is -2.40. The van der Waals surface area contributed by atoms with Gasteiger partial charge in [0.15, 0.2) is 0 Å². The topological polar surface area (TPSA) is 87.1 Å². The van der Waals surface area contributed by atoms with Gasteiger partial charge in [0.25, 0.3) is 5.91 Å². The van der Waals surface area contributed by atoms with Gasteiger partial charge in [-0.2, -0.15) is 0 Å². The van der Waals surface area contributed by atoms with Crippen molar-refractivity contribution in [3.05, 3.63) is 90.0 Å². The number of likely N-dealkylation sites (tertiary alicyclic amines) is 1. The van der Waals surface area contributed by atoms with Gasteiger partial charge < -0.3 is 19.6 Å². The van der Waals surface area contributed by atoms with Crippen molar-refractivity contribution in [1.82, 2.24) is 4.90 Å². The van der Waals surface area contributed by atoms with Crippen molar-refractivity contribution in [1.29, 1.82) is 0 Å². The molecule has 3 unspecified atom stereocenters. The second kappa shape index (κ2) is 13.2. The number of unbranched alkanes of at least 4 members (excludes halogenated alkanes) is 1. The molecular weight excluding hydrogens is 652 g/mol. The molecule has 0 aliphatic carbocycles. The number of hydrogen-bond donors (Lipinski definition) is 1. The Morgan fingerprint density at radius 2 is 1.98 bits per heavy atom. The number of anilines is 1. The molecule has 3 fully saturated rings. The molecule has 2 amide bonds. The highest BCUT2D eigenvalue weighted by molar-refractivity contribution is 9.09. The van der Waals surface area contributed by atoms with E-state index in [0.717, 1.165) is 5.56 Å². The number of alkyl halides is 1. The van der Waals surface area contributed by atoms with E-state index >= 15 is 0 Å². The Bertz CT molecular complexity index is 1390. The highest BCUT2D eigenvalue weighted by Gasteiger charge is 2.77. The van der Waals surface area contributed by atoms with Gasteiger partial charge in [0.05, 0.1) is 46.5 Å². The lowest BCUT2D eigenvalue weighted by atomic mass is 9.71. The van der Waals surface area contributed by atoms with E-state index in [1.54, 1.807) is 23.1 Å². The normalized spacial score (nSPS) is 28.0. The zero-order chi connectivity index (χ0) is 30.9. The molecule has 3 aliphatic rings. The molecule has 0 radical (unpaired) electrons. The fourth-order valence-corrected chi connectivity index (χ4v) is 10.9. The number of benzene rings is 2. The second-order valence-corrected chi connectivity index (χ2v) is 14.4. The van der Waals surface area contributed by atoms with Crippen molar-refractivity contribution in [3.8, 4) is 0 Å². The molecule has 5 rings (SSSR count). The zero-order valence-electron chi connectivity index (χ0n) is 24.0. The van der Waals surface area contributed by atoms with Crippen LogP contribution in [0.25, 0.3) is 0 Å². The third-order valence-corrected chi connectivity index (χ3v) is 12.3. The number of fused-ring (bicyclic) bond motifs is 1. The first kappa shape index (κ1) is 31.8. The van der Waals surface area contributed by atoms with Gasteiger partial charge in [-0.3, -0.25) is 14.4 Å². The van der Waals surface area contributed by atoms with Crippen LogP contribution in [0.1, 0.15) is 36.4 Å². The summed E-state index contributed by atoms with van der Waals surface area (Å²) in [5, 5.41) is 10.9. The summed E-state index contributed by atoms with van der Waals surface area (Å²) in [6.07, 6.45) is 5.26. The van der Waals surface area contributed by atoms with Crippen molar-refractivity contribution < 1.29 is 24.2 Å². The minimum atomic E-state index is -0.980. The maximum atomic E-state index is 15.0. The summed E-state index contributed by atoms with van der Waals surface area (Å²) in [5.74, 6) is -2.59. The molecule has 1 N–H and O–H groups in total. The van der Waals surface area contributed by atoms with Crippen LogP contribution in [0.3, 0.4) is 0 Å². The first-order chi connectivity index (χ1) is 20.7. The van der Waals surface area contributed by atoms with Gasteiger partial charge in [0.2, 0.25) is 5.91 Å². The summed E-state index contributed by atoms with van der Waals surface area (Å²) in [4.78, 5) is 46.3. The summed E-state index contributed by atoms with van der Waals surface area (Å²) < 4.78 is 4.78. The van der Waals surface area contributed by atoms with Gasteiger partial charge in [0.1, 0.15) is 6.04 Å². The summed E-state index contributed by atoms with van der Waals surface area (Å²) in [6, 6.07) is 12.9. The Balaban J connectivity index is 1.63. The first-order valence-electron chi connectivity index (χ1n) is 14.5. The molecule has 2 bridgehead atoms. The number of ether oxygens (including phenoxy) is 1. The highest BCUT2D eigenvalue weighted by atomic mass is 79.9. The van der Waals surface area contributed by atoms with E-state index in [4.69, 9.17) is 16.3 Å². The number of aliphatic hydroxyl groups is 1. The van der Waals surface area contributed by atoms with Crippen molar-refractivity contribution in [3.63, 3.8) is 0 Å². The van der Waals surface area contributed by atoms with Crippen LogP contribution in [0.5, 0.6) is 0 Å². The van der Waals surface area contributed by atoms with Crippen LogP contribution in [0.2, 0.25) is 5.02 Å². The van der Waals surface area contributed by atoms with Crippen LogP contribution in [-0.2, 0) is 19.1 Å². The lowest BCUT2D eigenvalue weighted by molar-refractivity contribution is -0.154. The Morgan fingerprint density at radius 1 is 1.23 bits per heavy atom. The number of carbonyl (C=O) groups is 3. The fourth-order valence-electron chi connectivity index (χ4n) is 7.01. The molecule has 2 aromatic rings. The average Bonchev–Trinajstić information content (AvgIpc) is 3.59. The minimum Gasteiger partial charge on any atom is -0.465 e. The smallest absolute Gasteiger partial charge is 0.310 e. The van der Waals surface area contributed by atoms with E-state index in [1.165, 1.54) is 16.7 Å². The molecule has 7 atom stereocenters. The molecule has 0 saturated carbocycles. The predicted molar refractivity (Wildman–Crippen MR) is 174 cm³/mol. The van der Waals surface area contributed by atoms with Gasteiger partial charge in [0, 0.05) is 16.6 Å². The Labute approximate surface area is 270 Å². The molecular formula is C33H36BrClN2O5S. The van der Waals surface area contributed by atoms with E-state index < -0.39 is 41.2 Å². The van der Waals surface area contributed by atoms with Gasteiger partial charge in [-0.1, -0.05) is 82.1 Å². The maximum absolute atomic E-state index is 15.0. The summed E-state index contributed by atoms with van der Waals surface area (Å²) in [5.41, 5.74) is 2.06. The van der Waals surface area contributed by atoms with Gasteiger partial charge in [-0.15, -0.1) is 24.9 Å². The molecule has 0 aromatic heterocycles. The maximum Gasteiger partial charge on any atom is 0.310 e. The number of amides is 2. The third kappa shape index (κ3) is 5.47. The molecule has 228 valence electrons. The van der Waals surface area contributed by atoms with E-state index in [2.05, 4.69) is 29.1 Å². The SMILES string of the molecule is C=CCCCOC(=O)[C@H]1[C@H]2C(=O)N([C@H](CO)c3ccccc3)C(C(=O)N(CC=C)c3c(C)cccc3Cl)C23CC(Br)[C@@H]1S3. The first-order valence-corrected chi connectivity index (χ1v) is 16.6. The van der Waals surface area contributed by atoms with Crippen molar-refractivity contribution in [2.75, 3.05) is 24.7 Å². The number of halogens is 2. The number of rotatable bonds is 12. The summed E-state index contributed by atoms with van der Waals surface area (Å²) in [6.45, 7) is 9.50. The number of aryl methyl sites for hydroxylation is 1. The number of hydrogen-bond acceptors (Lipinski definition) is 6. The Morgan fingerprint density at radius 3 is 2.63 bits per heavy atom. The van der Waals surface area contributed by atoms with E-state index in [-0.39, 0.29) is 35.0 Å². The standard InChI is InChI=1S/C33H36BrClN2O5S/c1-4-6-10-17-42-32(41)25-26-30(39)37(24(19-38)21-13-8-7-9-14-21)29(33(26)18-22(34)28(25)43-33)31(40)36(16-5-2)27-20(3)12-11-15-23(27)35/h4-5,7-9,11-15,22,24-26,28-29,38H,1-2,6,10,16-19H2,3H3/t22?,24-,25+,26+,28+,29?,33?/m1/s1. The third-order valence-electron chi connectivity index (χ3n) is 8.76. The van der Waals surface area contributed by atoms with E-state index in [1.807, 2.05) is 49.4 Å². The Kier molecular flexibility index (Phi) is 9.76. The summed E-state index contributed by atoms with van der Waals surface area (Å²) in [7, 11) is 0. The molecule has 2 aromatic carbocycles. The number of allylic oxidation sites excluding steroid dienone is 1. The number of nitrogens with zero attached hydrogens (tertiary/aromatic N) is 2. The minimum absolute atomic E-state index is 0.110. The molecule has 43 heavy (non-hydrogen) atoms. The number of esters is 1. The molecule has 3 aliphatic heterocycles. The monoisotopic (exact) mass is 686 g/mol. The zero-order valence-corrected chi connectivity index (χ0v) is 27.2. The van der Waals surface area contributed by atoms with Gasteiger partial charge in [-0.25, -0.2) is 0 Å². The lowest BCUT2D eigenvalue weighted by Crippen LogP contribution is -2.56. The summed E-state index contributed by atoms with van der Waals surface area (Å²) >= 11 is 12.0. The van der Waals surface area contributed by atoms with E-state index in [0.29, 0.717) is 35.5 Å². The van der Waals surface area contributed by atoms with Crippen LogP contribution >= 0.6 is 39.3 Å². The largest absolute Gasteiger partial charge is 0.465 e. The molecule has 3 saturated heterocycles. The average molecular weight is 688 g/mol. The van der Waals surface area contributed by atoms with Crippen LogP contribution in [0, 0.1) is 18.8 Å². The molecule has 1 spiro atoms. The van der Waals surface area contributed by atoms with E-state index in [9.17, 15) is 19.5 Å². The van der Waals surface area contributed by atoms with Crippen molar-refractivity contribution in [2.45, 2.75) is 53.1 Å². The number of para-hydroxylation sites is 1.